The maximum atomic E-state index is 12.4. The van der Waals surface area contributed by atoms with Crippen molar-refractivity contribution in [3.63, 3.8) is 0 Å². The van der Waals surface area contributed by atoms with E-state index in [4.69, 9.17) is 0 Å². The molecule has 0 unspecified atom stereocenters. The van der Waals surface area contributed by atoms with Crippen LogP contribution in [0.25, 0.3) is 5.69 Å². The summed E-state index contributed by atoms with van der Waals surface area (Å²) in [5, 5.41) is 3.53. The van der Waals surface area contributed by atoms with Crippen molar-refractivity contribution >= 4 is 0 Å². The minimum atomic E-state index is -4.40. The van der Waals surface area contributed by atoms with Gasteiger partial charge in [-0.2, -0.15) is 18.3 Å². The van der Waals surface area contributed by atoms with Crippen molar-refractivity contribution < 1.29 is 13.2 Å². The summed E-state index contributed by atoms with van der Waals surface area (Å²) in [4.78, 5) is 0. The average Bonchev–Trinajstić information content (AvgIpc) is 2.63. The third-order valence-electron chi connectivity index (χ3n) is 2.35. The topological polar surface area (TPSA) is 17.8 Å². The molecule has 0 aliphatic heterocycles. The molecule has 0 spiro atoms. The van der Waals surface area contributed by atoms with Gasteiger partial charge in [-0.15, -0.1) is 0 Å². The maximum Gasteiger partial charge on any atom is 0.435 e. The van der Waals surface area contributed by atoms with Crippen molar-refractivity contribution in [3.05, 3.63) is 47.3 Å². The molecule has 90 valence electrons. The number of aromatic nitrogens is 2. The lowest BCUT2D eigenvalue weighted by Crippen LogP contribution is -2.07. The van der Waals surface area contributed by atoms with Crippen LogP contribution in [-0.2, 0) is 6.18 Å². The predicted octanol–water partition coefficient (Wildman–Crippen LogP) is 3.51. The highest BCUT2D eigenvalue weighted by Gasteiger charge is 2.33. The van der Waals surface area contributed by atoms with Crippen LogP contribution in [0.1, 0.15) is 16.8 Å². The molecule has 0 fully saturated rings. The van der Waals surface area contributed by atoms with Crippen molar-refractivity contribution in [3.8, 4) is 5.69 Å². The monoisotopic (exact) mass is 240 g/mol. The van der Waals surface area contributed by atoms with Crippen molar-refractivity contribution in [2.24, 2.45) is 0 Å². The van der Waals surface area contributed by atoms with Gasteiger partial charge in [0.25, 0.3) is 0 Å². The lowest BCUT2D eigenvalue weighted by Gasteiger charge is -2.05. The molecule has 1 aromatic carbocycles. The molecule has 0 aliphatic carbocycles. The SMILES string of the molecule is Cc1cc(C)cc(-n2ccc(C(F)(F)F)n2)c1. The Bertz CT molecular complexity index is 521. The predicted molar refractivity (Wildman–Crippen MR) is 58.0 cm³/mol. The second kappa shape index (κ2) is 3.91. The smallest absolute Gasteiger partial charge is 0.240 e. The molecular weight excluding hydrogens is 229 g/mol. The number of nitrogens with zero attached hydrogens (tertiary/aromatic N) is 2. The van der Waals surface area contributed by atoms with Gasteiger partial charge in [-0.25, -0.2) is 4.68 Å². The highest BCUT2D eigenvalue weighted by atomic mass is 19.4. The largest absolute Gasteiger partial charge is 0.435 e. The lowest BCUT2D eigenvalue weighted by molar-refractivity contribution is -0.141. The second-order valence-electron chi connectivity index (χ2n) is 3.99. The van der Waals surface area contributed by atoms with E-state index in [-0.39, 0.29) is 0 Å². The van der Waals surface area contributed by atoms with E-state index in [0.717, 1.165) is 17.2 Å². The summed E-state index contributed by atoms with van der Waals surface area (Å²) in [5.74, 6) is 0. The van der Waals surface area contributed by atoms with Crippen molar-refractivity contribution in [2.45, 2.75) is 20.0 Å². The minimum absolute atomic E-state index is 0.637. The zero-order chi connectivity index (χ0) is 12.6. The number of hydrogen-bond donors (Lipinski definition) is 0. The minimum Gasteiger partial charge on any atom is -0.240 e. The summed E-state index contributed by atoms with van der Waals surface area (Å²) in [6, 6.07) is 6.51. The van der Waals surface area contributed by atoms with Crippen LogP contribution in [0.4, 0.5) is 13.2 Å². The number of hydrogen-bond acceptors (Lipinski definition) is 1. The van der Waals surface area contributed by atoms with Gasteiger partial charge in [0.15, 0.2) is 5.69 Å². The van der Waals surface area contributed by atoms with Crippen LogP contribution in [0.5, 0.6) is 0 Å². The normalized spacial score (nSPS) is 11.8. The first-order valence-electron chi connectivity index (χ1n) is 5.08. The molecule has 0 saturated heterocycles. The highest BCUT2D eigenvalue weighted by Crippen LogP contribution is 2.28. The molecule has 1 heterocycles. The molecule has 0 saturated carbocycles. The summed E-state index contributed by atoms with van der Waals surface area (Å²) in [7, 11) is 0. The fourth-order valence-electron chi connectivity index (χ4n) is 1.70. The molecule has 17 heavy (non-hydrogen) atoms. The molecule has 0 atom stereocenters. The summed E-state index contributed by atoms with van der Waals surface area (Å²) in [6.45, 7) is 3.79. The average molecular weight is 240 g/mol. The van der Waals surface area contributed by atoms with Gasteiger partial charge in [0, 0.05) is 6.20 Å². The maximum absolute atomic E-state index is 12.4. The number of rotatable bonds is 1. The molecule has 5 heteroatoms. The zero-order valence-electron chi connectivity index (χ0n) is 9.42. The standard InChI is InChI=1S/C12H11F3N2/c1-8-5-9(2)7-10(6-8)17-4-3-11(16-17)12(13,14)15/h3-7H,1-2H3. The van der Waals surface area contributed by atoms with Gasteiger partial charge in [-0.05, 0) is 43.2 Å². The Morgan fingerprint density at radius 1 is 1.06 bits per heavy atom. The van der Waals surface area contributed by atoms with Crippen molar-refractivity contribution in [1.82, 2.24) is 9.78 Å². The van der Waals surface area contributed by atoms with Crippen LogP contribution in [-0.4, -0.2) is 9.78 Å². The molecule has 0 aliphatic rings. The van der Waals surface area contributed by atoms with Crippen LogP contribution in [0.3, 0.4) is 0 Å². The van der Waals surface area contributed by atoms with Crippen LogP contribution < -0.4 is 0 Å². The zero-order valence-corrected chi connectivity index (χ0v) is 9.42. The van der Waals surface area contributed by atoms with Gasteiger partial charge in [-0.3, -0.25) is 0 Å². The molecule has 2 nitrogen and oxygen atoms in total. The molecule has 0 bridgehead atoms. The summed E-state index contributed by atoms with van der Waals surface area (Å²) in [5.41, 5.74) is 1.74. The Morgan fingerprint density at radius 2 is 1.65 bits per heavy atom. The molecule has 2 aromatic rings. The first-order valence-corrected chi connectivity index (χ1v) is 5.08. The van der Waals surface area contributed by atoms with Crippen molar-refractivity contribution in [2.75, 3.05) is 0 Å². The third kappa shape index (κ3) is 2.49. The molecule has 0 radical (unpaired) electrons. The fraction of sp³-hybridized carbons (Fsp3) is 0.250. The Kier molecular flexibility index (Phi) is 2.69. The number of alkyl halides is 3. The molecular formula is C12H11F3N2. The summed E-state index contributed by atoms with van der Waals surface area (Å²) < 4.78 is 38.4. The summed E-state index contributed by atoms with van der Waals surface area (Å²) >= 11 is 0. The Labute approximate surface area is 96.7 Å². The molecule has 1 aromatic heterocycles. The van der Waals surface area contributed by atoms with Gasteiger partial charge in [0.2, 0.25) is 0 Å². The van der Waals surface area contributed by atoms with Gasteiger partial charge in [0.05, 0.1) is 5.69 Å². The Hall–Kier alpha value is -1.78. The fourth-order valence-corrected chi connectivity index (χ4v) is 1.70. The number of halogens is 3. The number of benzene rings is 1. The Morgan fingerprint density at radius 3 is 2.12 bits per heavy atom. The first-order chi connectivity index (χ1) is 7.86. The van der Waals surface area contributed by atoms with Crippen molar-refractivity contribution in [1.29, 1.82) is 0 Å². The van der Waals surface area contributed by atoms with E-state index in [1.54, 1.807) is 12.1 Å². The van der Waals surface area contributed by atoms with Crippen LogP contribution in [0.15, 0.2) is 30.5 Å². The highest BCUT2D eigenvalue weighted by molar-refractivity contribution is 5.39. The molecule has 0 N–H and O–H groups in total. The quantitative estimate of drug-likeness (QED) is 0.745. The molecule has 0 amide bonds. The number of aryl methyl sites for hydroxylation is 2. The van der Waals surface area contributed by atoms with Crippen LogP contribution in [0, 0.1) is 13.8 Å². The van der Waals surface area contributed by atoms with Crippen LogP contribution in [0.2, 0.25) is 0 Å². The second-order valence-corrected chi connectivity index (χ2v) is 3.99. The van der Waals surface area contributed by atoms with Gasteiger partial charge >= 0.3 is 6.18 Å². The van der Waals surface area contributed by atoms with Crippen LogP contribution >= 0.6 is 0 Å². The Balaban J connectivity index is 2.44. The third-order valence-corrected chi connectivity index (χ3v) is 2.35. The van der Waals surface area contributed by atoms with E-state index in [0.29, 0.717) is 5.69 Å². The lowest BCUT2D eigenvalue weighted by atomic mass is 10.1. The first kappa shape index (κ1) is 11.7. The van der Waals surface area contributed by atoms with E-state index in [1.165, 1.54) is 10.9 Å². The van der Waals surface area contributed by atoms with E-state index in [2.05, 4.69) is 5.10 Å². The van der Waals surface area contributed by atoms with Gasteiger partial charge < -0.3 is 0 Å². The van der Waals surface area contributed by atoms with E-state index < -0.39 is 11.9 Å². The van der Waals surface area contributed by atoms with E-state index in [1.807, 2.05) is 19.9 Å². The molecule has 2 rings (SSSR count). The van der Waals surface area contributed by atoms with Gasteiger partial charge in [0.1, 0.15) is 0 Å². The van der Waals surface area contributed by atoms with E-state index >= 15 is 0 Å². The summed E-state index contributed by atoms with van der Waals surface area (Å²) in [6.07, 6.45) is -3.08. The van der Waals surface area contributed by atoms with E-state index in [9.17, 15) is 13.2 Å². The van der Waals surface area contributed by atoms with Gasteiger partial charge in [-0.1, -0.05) is 6.07 Å².